The number of hydrogen-bond acceptors (Lipinski definition) is 5. The molecule has 114 valence electrons. The van der Waals surface area contributed by atoms with E-state index in [0.717, 1.165) is 0 Å². The van der Waals surface area contributed by atoms with Crippen molar-refractivity contribution < 1.29 is 44.3 Å². The van der Waals surface area contributed by atoms with Crippen molar-refractivity contribution in [2.75, 3.05) is 0 Å². The van der Waals surface area contributed by atoms with Gasteiger partial charge in [-0.2, -0.15) is 5.10 Å². The maximum Gasteiger partial charge on any atom is 1.00 e. The van der Waals surface area contributed by atoms with Crippen molar-refractivity contribution in [1.82, 2.24) is 9.78 Å². The molecule has 2 aromatic rings. The van der Waals surface area contributed by atoms with Crippen LogP contribution in [0.15, 0.2) is 35.1 Å². The minimum Gasteiger partial charge on any atom is -0.543 e. The smallest absolute Gasteiger partial charge is 0.543 e. The molecule has 2 rings (SSSR count). The second-order valence-electron chi connectivity index (χ2n) is 4.66. The third-order valence-corrected chi connectivity index (χ3v) is 3.32. The van der Waals surface area contributed by atoms with E-state index in [4.69, 9.17) is 0 Å². The fourth-order valence-corrected chi connectivity index (χ4v) is 2.27. The van der Waals surface area contributed by atoms with E-state index < -0.39 is 22.9 Å². The van der Waals surface area contributed by atoms with Crippen LogP contribution in [0, 0.1) is 0 Å². The molecule has 0 saturated carbocycles. The molecule has 0 radical (unpaired) electrons. The van der Waals surface area contributed by atoms with Gasteiger partial charge in [0, 0.05) is 6.42 Å². The first-order valence-electron chi connectivity index (χ1n) is 6.97. The number of carboxylic acids is 1. The van der Waals surface area contributed by atoms with Gasteiger partial charge in [0.25, 0.3) is 0 Å². The minimum absolute atomic E-state index is 0. The number of aromatic carboxylic acids is 1. The molecule has 0 aliphatic rings. The van der Waals surface area contributed by atoms with E-state index in [1.807, 2.05) is 0 Å². The summed E-state index contributed by atoms with van der Waals surface area (Å²) in [6.45, 7) is 3.40. The molecular weight excluding hydrogens is 307 g/mol. The summed E-state index contributed by atoms with van der Waals surface area (Å²) >= 11 is 0. The molecule has 0 aliphatic carbocycles. The summed E-state index contributed by atoms with van der Waals surface area (Å²) in [5, 5.41) is 15.0. The molecule has 23 heavy (non-hydrogen) atoms. The number of ketones is 1. The summed E-state index contributed by atoms with van der Waals surface area (Å²) < 4.78 is 1.33. The Hall–Kier alpha value is -1.76. The molecule has 0 amide bonds. The predicted molar refractivity (Wildman–Crippen MR) is 78.2 cm³/mol. The third-order valence-electron chi connectivity index (χ3n) is 3.32. The van der Waals surface area contributed by atoms with Crippen LogP contribution in [-0.2, 0) is 6.42 Å². The van der Waals surface area contributed by atoms with Crippen LogP contribution in [0.4, 0.5) is 0 Å². The first-order chi connectivity index (χ1) is 10.5. The first kappa shape index (κ1) is 19.3. The number of hydrogen-bond donors (Lipinski definition) is 0. The summed E-state index contributed by atoms with van der Waals surface area (Å²) in [7, 11) is 0. The minimum atomic E-state index is -1.69. The number of para-hydroxylation sites is 1. The van der Waals surface area contributed by atoms with Crippen LogP contribution in [0.5, 0.6) is 0 Å². The molecule has 1 heterocycles. The second-order valence-corrected chi connectivity index (χ2v) is 4.66. The number of benzene rings is 1. The predicted octanol–water partition coefficient (Wildman–Crippen LogP) is -2.24. The standard InChI is InChI=1S/C16H16N2O4.Na/c1-3-11-13(12(19)4-2)15(20)14(16(21)22)17-18(11)10-8-6-5-7-9-10;/h5-9H,3-4H2,1-2H3,(H,21,22);/q;+1/p-1. The van der Waals surface area contributed by atoms with Gasteiger partial charge in [-0.25, -0.2) is 4.68 Å². The Morgan fingerprint density at radius 1 is 1.17 bits per heavy atom. The van der Waals surface area contributed by atoms with E-state index in [1.54, 1.807) is 44.2 Å². The fourth-order valence-electron chi connectivity index (χ4n) is 2.27. The number of rotatable bonds is 5. The molecule has 0 N–H and O–H groups in total. The van der Waals surface area contributed by atoms with E-state index in [9.17, 15) is 19.5 Å². The summed E-state index contributed by atoms with van der Waals surface area (Å²) in [6, 6.07) is 8.75. The zero-order chi connectivity index (χ0) is 16.3. The third kappa shape index (κ3) is 3.77. The van der Waals surface area contributed by atoms with Gasteiger partial charge in [-0.15, -0.1) is 0 Å². The van der Waals surface area contributed by atoms with Gasteiger partial charge in [0.05, 0.1) is 22.9 Å². The number of aromatic nitrogens is 2. The van der Waals surface area contributed by atoms with Gasteiger partial charge in [-0.1, -0.05) is 32.0 Å². The molecule has 0 bridgehead atoms. The van der Waals surface area contributed by atoms with Crippen LogP contribution >= 0.6 is 0 Å². The Bertz CT molecular complexity index is 785. The van der Waals surface area contributed by atoms with E-state index in [1.165, 1.54) is 4.68 Å². The largest absolute Gasteiger partial charge is 1.00 e. The van der Waals surface area contributed by atoms with E-state index in [0.29, 0.717) is 17.8 Å². The molecule has 0 atom stereocenters. The zero-order valence-corrected chi connectivity index (χ0v) is 15.3. The Kier molecular flexibility index (Phi) is 6.87. The molecule has 0 unspecified atom stereocenters. The zero-order valence-electron chi connectivity index (χ0n) is 13.3. The van der Waals surface area contributed by atoms with E-state index in [2.05, 4.69) is 5.10 Å². The summed E-state index contributed by atoms with van der Waals surface area (Å²) in [4.78, 5) is 35.5. The van der Waals surface area contributed by atoms with Gasteiger partial charge in [-0.05, 0) is 18.6 Å². The molecule has 0 saturated heterocycles. The van der Waals surface area contributed by atoms with Crippen molar-refractivity contribution in [3.8, 4) is 5.69 Å². The fraction of sp³-hybridized carbons (Fsp3) is 0.250. The molecule has 0 fully saturated rings. The van der Waals surface area contributed by atoms with Crippen molar-refractivity contribution in [2.45, 2.75) is 26.7 Å². The van der Waals surface area contributed by atoms with Crippen molar-refractivity contribution in [1.29, 1.82) is 0 Å². The number of carbonyl (C=O) groups is 2. The van der Waals surface area contributed by atoms with Crippen molar-refractivity contribution in [3.05, 3.63) is 57.5 Å². The Morgan fingerprint density at radius 3 is 2.26 bits per heavy atom. The van der Waals surface area contributed by atoms with Crippen LogP contribution in [0.25, 0.3) is 5.69 Å². The van der Waals surface area contributed by atoms with Crippen LogP contribution in [0.2, 0.25) is 0 Å². The van der Waals surface area contributed by atoms with E-state index >= 15 is 0 Å². The number of carboxylic acid groups (broad SMARTS) is 1. The molecule has 0 spiro atoms. The van der Waals surface area contributed by atoms with Crippen molar-refractivity contribution >= 4 is 11.8 Å². The summed E-state index contributed by atoms with van der Waals surface area (Å²) in [5.41, 5.74) is -0.781. The molecule has 6 nitrogen and oxygen atoms in total. The van der Waals surface area contributed by atoms with Gasteiger partial charge >= 0.3 is 29.6 Å². The van der Waals surface area contributed by atoms with Gasteiger partial charge < -0.3 is 9.90 Å². The first-order valence-corrected chi connectivity index (χ1v) is 6.97. The van der Waals surface area contributed by atoms with Gasteiger partial charge in [0.15, 0.2) is 11.5 Å². The van der Waals surface area contributed by atoms with Crippen LogP contribution < -0.4 is 40.1 Å². The van der Waals surface area contributed by atoms with E-state index in [-0.39, 0.29) is 41.5 Å². The quantitative estimate of drug-likeness (QED) is 0.458. The number of carbonyl (C=O) groups excluding carboxylic acids is 2. The van der Waals surface area contributed by atoms with Gasteiger partial charge in [-0.3, -0.25) is 9.59 Å². The maximum absolute atomic E-state index is 12.3. The van der Waals surface area contributed by atoms with Crippen LogP contribution in [0.3, 0.4) is 0 Å². The molecule has 0 aliphatic heterocycles. The summed E-state index contributed by atoms with van der Waals surface area (Å²) in [6.07, 6.45) is 0.471. The topological polar surface area (TPSA) is 92.1 Å². The number of nitrogens with zero attached hydrogens (tertiary/aromatic N) is 2. The Balaban J connectivity index is 0.00000264. The average molecular weight is 322 g/mol. The Morgan fingerprint density at radius 2 is 1.78 bits per heavy atom. The maximum atomic E-state index is 12.3. The van der Waals surface area contributed by atoms with Crippen molar-refractivity contribution in [2.24, 2.45) is 0 Å². The van der Waals surface area contributed by atoms with Gasteiger partial charge in [0.1, 0.15) is 0 Å². The normalized spacial score (nSPS) is 10.0. The molecule has 7 heteroatoms. The van der Waals surface area contributed by atoms with Crippen LogP contribution in [0.1, 0.15) is 46.8 Å². The monoisotopic (exact) mass is 322 g/mol. The average Bonchev–Trinajstić information content (AvgIpc) is 2.53. The van der Waals surface area contributed by atoms with Crippen LogP contribution in [-0.4, -0.2) is 21.5 Å². The molecule has 1 aromatic heterocycles. The van der Waals surface area contributed by atoms with Crippen molar-refractivity contribution in [3.63, 3.8) is 0 Å². The Labute approximate surface area is 155 Å². The number of Topliss-reactive ketones (excluding diaryl/α,β-unsaturated/α-hetero) is 1. The molecular formula is C16H15N2NaO4. The second kappa shape index (κ2) is 8.19. The van der Waals surface area contributed by atoms with Gasteiger partial charge in [0.2, 0.25) is 5.43 Å². The molecule has 1 aromatic carbocycles. The summed E-state index contributed by atoms with van der Waals surface area (Å²) in [5.74, 6) is -2.10. The SMILES string of the molecule is CCC(=O)c1c(CC)n(-c2ccccc2)nc(C(=O)[O-])c1=O.[Na+].